The molecule has 0 aliphatic carbocycles. The summed E-state index contributed by atoms with van der Waals surface area (Å²) in [6, 6.07) is 13.3. The van der Waals surface area contributed by atoms with E-state index in [-0.39, 0.29) is 28.8 Å². The molecule has 1 saturated heterocycles. The number of hydrogen-bond donors (Lipinski definition) is 2. The van der Waals surface area contributed by atoms with Crippen LogP contribution < -0.4 is 10.6 Å². The van der Waals surface area contributed by atoms with Crippen LogP contribution in [0, 0.1) is 5.82 Å². The van der Waals surface area contributed by atoms with E-state index in [1.807, 2.05) is 24.3 Å². The summed E-state index contributed by atoms with van der Waals surface area (Å²) in [6.07, 6.45) is 0.515. The second kappa shape index (κ2) is 8.57. The topological polar surface area (TPSA) is 58.2 Å². The lowest BCUT2D eigenvalue weighted by atomic mass is 10.0. The van der Waals surface area contributed by atoms with E-state index in [9.17, 15) is 14.0 Å². The van der Waals surface area contributed by atoms with Crippen molar-refractivity contribution in [2.24, 2.45) is 0 Å². The molecule has 4 nitrogen and oxygen atoms in total. The first kappa shape index (κ1) is 19.4. The molecule has 1 aliphatic rings. The molecule has 0 saturated carbocycles. The van der Waals surface area contributed by atoms with Gasteiger partial charge < -0.3 is 10.6 Å². The minimum absolute atomic E-state index is 0.159. The Bertz CT molecular complexity index is 823. The highest BCUT2D eigenvalue weighted by Crippen LogP contribution is 2.26. The van der Waals surface area contributed by atoms with Crippen LogP contribution >= 0.6 is 11.8 Å². The maximum atomic E-state index is 13.0. The van der Waals surface area contributed by atoms with Crippen LogP contribution in [0.4, 0.5) is 10.1 Å². The number of carbonyl (C=O) groups excluding carboxylic acids is 2. The van der Waals surface area contributed by atoms with Crippen molar-refractivity contribution in [3.63, 3.8) is 0 Å². The maximum absolute atomic E-state index is 13.0. The predicted molar refractivity (Wildman–Crippen MR) is 107 cm³/mol. The Labute approximate surface area is 162 Å². The number of anilines is 1. The van der Waals surface area contributed by atoms with Gasteiger partial charge in [-0.25, -0.2) is 4.39 Å². The molecule has 2 amide bonds. The van der Waals surface area contributed by atoms with E-state index in [1.54, 1.807) is 12.1 Å². The van der Waals surface area contributed by atoms with Crippen molar-refractivity contribution in [1.82, 2.24) is 5.32 Å². The van der Waals surface area contributed by atoms with Gasteiger partial charge in [0.2, 0.25) is 11.8 Å². The molecule has 2 aromatic carbocycles. The van der Waals surface area contributed by atoms with Crippen LogP contribution in [0.5, 0.6) is 0 Å². The van der Waals surface area contributed by atoms with E-state index in [0.29, 0.717) is 12.2 Å². The van der Waals surface area contributed by atoms with Crippen molar-refractivity contribution in [1.29, 1.82) is 0 Å². The summed E-state index contributed by atoms with van der Waals surface area (Å²) >= 11 is 1.46. The van der Waals surface area contributed by atoms with Gasteiger partial charge in [0.05, 0.1) is 5.25 Å². The van der Waals surface area contributed by atoms with Crippen LogP contribution in [0.1, 0.15) is 30.9 Å². The molecule has 6 heteroatoms. The summed E-state index contributed by atoms with van der Waals surface area (Å²) in [6.45, 7) is 4.15. The molecule has 1 heterocycles. The third-order valence-corrected chi connectivity index (χ3v) is 5.87. The molecule has 27 heavy (non-hydrogen) atoms. The zero-order chi connectivity index (χ0) is 19.4. The summed E-state index contributed by atoms with van der Waals surface area (Å²) < 4.78 is 13.0. The molecule has 2 N–H and O–H groups in total. The lowest BCUT2D eigenvalue weighted by molar-refractivity contribution is -0.126. The smallest absolute Gasteiger partial charge is 0.247 e. The number of para-hydroxylation sites is 1. The number of nitrogens with one attached hydrogen (secondary N) is 2. The summed E-state index contributed by atoms with van der Waals surface area (Å²) in [7, 11) is 0. The van der Waals surface area contributed by atoms with Crippen LogP contribution in [0.15, 0.2) is 48.5 Å². The predicted octanol–water partition coefficient (Wildman–Crippen LogP) is 3.73. The number of carbonyl (C=O) groups is 2. The molecule has 2 unspecified atom stereocenters. The number of rotatable bonds is 5. The van der Waals surface area contributed by atoms with Gasteiger partial charge in [-0.1, -0.05) is 44.2 Å². The Balaban J connectivity index is 1.60. The highest BCUT2D eigenvalue weighted by molar-refractivity contribution is 8.00. The first-order valence-corrected chi connectivity index (χ1v) is 10.0. The molecule has 1 aliphatic heterocycles. The Morgan fingerprint density at radius 3 is 2.59 bits per heavy atom. The molecule has 0 radical (unpaired) electrons. The van der Waals surface area contributed by atoms with Crippen LogP contribution in [0.2, 0.25) is 0 Å². The fraction of sp³-hybridized carbons (Fsp3) is 0.333. The molecule has 3 rings (SSSR count). The Kier molecular flexibility index (Phi) is 6.16. The quantitative estimate of drug-likeness (QED) is 0.823. The molecule has 142 valence electrons. The largest absolute Gasteiger partial charge is 0.343 e. The van der Waals surface area contributed by atoms with E-state index in [0.717, 1.165) is 16.8 Å². The molecule has 1 fully saturated rings. The van der Waals surface area contributed by atoms with Gasteiger partial charge in [0.1, 0.15) is 11.9 Å². The molecule has 2 aromatic rings. The Morgan fingerprint density at radius 2 is 1.93 bits per heavy atom. The van der Waals surface area contributed by atoms with Crippen LogP contribution in [-0.4, -0.2) is 28.9 Å². The van der Waals surface area contributed by atoms with Gasteiger partial charge >= 0.3 is 0 Å². The minimum atomic E-state index is -0.563. The molecule has 2 atom stereocenters. The summed E-state index contributed by atoms with van der Waals surface area (Å²) in [5.41, 5.74) is 2.75. The second-order valence-electron chi connectivity index (χ2n) is 6.94. The normalized spacial score (nSPS) is 19.6. The van der Waals surface area contributed by atoms with Gasteiger partial charge in [-0.3, -0.25) is 9.59 Å². The SMILES string of the molecule is CC(C)c1ccccc1NC(=O)C1CSC(Cc2ccc(F)cc2)C(=O)N1. The fourth-order valence-electron chi connectivity index (χ4n) is 3.06. The van der Waals surface area contributed by atoms with Gasteiger partial charge in [-0.15, -0.1) is 11.8 Å². The zero-order valence-corrected chi connectivity index (χ0v) is 16.2. The summed E-state index contributed by atoms with van der Waals surface area (Å²) in [4.78, 5) is 25.0. The lowest BCUT2D eigenvalue weighted by Gasteiger charge is -2.28. The third-order valence-electron chi connectivity index (χ3n) is 4.56. The van der Waals surface area contributed by atoms with Crippen LogP contribution in [0.3, 0.4) is 0 Å². The zero-order valence-electron chi connectivity index (χ0n) is 15.4. The highest BCUT2D eigenvalue weighted by atomic mass is 32.2. The Hall–Kier alpha value is -2.34. The van der Waals surface area contributed by atoms with E-state index >= 15 is 0 Å². The molecular formula is C21H23FN2O2S. The third kappa shape index (κ3) is 4.89. The monoisotopic (exact) mass is 386 g/mol. The minimum Gasteiger partial charge on any atom is -0.343 e. The molecule has 0 aromatic heterocycles. The van der Waals surface area contributed by atoms with Crippen molar-refractivity contribution < 1.29 is 14.0 Å². The van der Waals surface area contributed by atoms with E-state index in [2.05, 4.69) is 24.5 Å². The van der Waals surface area contributed by atoms with Gasteiger partial charge in [0.25, 0.3) is 0 Å². The molecule has 0 bridgehead atoms. The Morgan fingerprint density at radius 1 is 1.22 bits per heavy atom. The summed E-state index contributed by atoms with van der Waals surface area (Å²) in [5, 5.41) is 5.49. The first-order chi connectivity index (χ1) is 12.9. The first-order valence-electron chi connectivity index (χ1n) is 9.00. The van der Waals surface area contributed by atoms with Crippen molar-refractivity contribution in [3.8, 4) is 0 Å². The average Bonchev–Trinajstić information content (AvgIpc) is 2.65. The van der Waals surface area contributed by atoms with E-state index in [4.69, 9.17) is 0 Å². The van der Waals surface area contributed by atoms with Crippen molar-refractivity contribution in [3.05, 3.63) is 65.5 Å². The number of halogens is 1. The van der Waals surface area contributed by atoms with E-state index in [1.165, 1.54) is 23.9 Å². The maximum Gasteiger partial charge on any atom is 0.247 e. The van der Waals surface area contributed by atoms with Crippen LogP contribution in [-0.2, 0) is 16.0 Å². The van der Waals surface area contributed by atoms with E-state index < -0.39 is 6.04 Å². The van der Waals surface area contributed by atoms with Gasteiger partial charge in [0.15, 0.2) is 0 Å². The van der Waals surface area contributed by atoms with Gasteiger partial charge in [0, 0.05) is 11.4 Å². The highest BCUT2D eigenvalue weighted by Gasteiger charge is 2.32. The fourth-order valence-corrected chi connectivity index (χ4v) is 4.25. The van der Waals surface area contributed by atoms with Gasteiger partial charge in [-0.2, -0.15) is 0 Å². The molecule has 0 spiro atoms. The number of hydrogen-bond acceptors (Lipinski definition) is 3. The van der Waals surface area contributed by atoms with Gasteiger partial charge in [-0.05, 0) is 41.7 Å². The summed E-state index contributed by atoms with van der Waals surface area (Å²) in [5.74, 6) is 0.139. The number of thioether (sulfide) groups is 1. The van der Waals surface area contributed by atoms with Crippen molar-refractivity contribution in [2.75, 3.05) is 11.1 Å². The number of amides is 2. The second-order valence-corrected chi connectivity index (χ2v) is 8.18. The molecular weight excluding hydrogens is 363 g/mol. The lowest BCUT2D eigenvalue weighted by Crippen LogP contribution is -2.52. The van der Waals surface area contributed by atoms with Crippen molar-refractivity contribution >= 4 is 29.3 Å². The van der Waals surface area contributed by atoms with Crippen LogP contribution in [0.25, 0.3) is 0 Å². The number of benzene rings is 2. The van der Waals surface area contributed by atoms with Crippen molar-refractivity contribution in [2.45, 2.75) is 37.5 Å². The average molecular weight is 386 g/mol. The standard InChI is InChI=1S/C21H23FN2O2S/c1-13(2)16-5-3-4-6-17(16)23-20(25)18-12-27-19(21(26)24-18)11-14-7-9-15(22)10-8-14/h3-10,13,18-19H,11-12H2,1-2H3,(H,23,25)(H,24,26).